The zero-order chi connectivity index (χ0) is 12.3. The van der Waals surface area contributed by atoms with Crippen molar-refractivity contribution >= 4 is 0 Å². The van der Waals surface area contributed by atoms with Crippen LogP contribution < -0.4 is 0 Å². The molecule has 0 amide bonds. The Kier molecular flexibility index (Phi) is 3.57. The van der Waals surface area contributed by atoms with Crippen LogP contribution in [0.15, 0.2) is 30.6 Å². The maximum atomic E-state index is 4.19. The fourth-order valence-corrected chi connectivity index (χ4v) is 1.90. The number of hydrogen-bond acceptors (Lipinski definition) is 2. The van der Waals surface area contributed by atoms with Crippen molar-refractivity contribution in [2.75, 3.05) is 0 Å². The van der Waals surface area contributed by atoms with Crippen LogP contribution in [0.2, 0.25) is 0 Å². The maximum Gasteiger partial charge on any atom is 0.163 e. The van der Waals surface area contributed by atoms with Gasteiger partial charge >= 0.3 is 0 Å². The summed E-state index contributed by atoms with van der Waals surface area (Å²) >= 11 is 0. The Morgan fingerprint density at radius 1 is 1.18 bits per heavy atom. The topological polar surface area (TPSA) is 30.7 Å². The van der Waals surface area contributed by atoms with Crippen molar-refractivity contribution in [2.24, 2.45) is 0 Å². The molecule has 0 saturated carbocycles. The molecule has 0 aliphatic heterocycles. The van der Waals surface area contributed by atoms with E-state index in [0.717, 1.165) is 24.4 Å². The van der Waals surface area contributed by atoms with E-state index in [9.17, 15) is 0 Å². The van der Waals surface area contributed by atoms with Crippen LogP contribution in [0.4, 0.5) is 0 Å². The molecule has 1 heterocycles. The van der Waals surface area contributed by atoms with Crippen LogP contribution in [0.5, 0.6) is 0 Å². The predicted molar refractivity (Wildman–Crippen MR) is 69.8 cm³/mol. The van der Waals surface area contributed by atoms with Gasteiger partial charge in [-0.1, -0.05) is 45.0 Å². The average molecular weight is 229 g/mol. The van der Waals surface area contributed by atoms with Gasteiger partial charge in [0.15, 0.2) is 5.82 Å². The second-order valence-corrected chi connectivity index (χ2v) is 4.62. The number of nitrogens with zero attached hydrogens (tertiary/aromatic N) is 3. The minimum atomic E-state index is 0.567. The lowest BCUT2D eigenvalue weighted by atomic mass is 10.0. The minimum Gasteiger partial charge on any atom is -0.314 e. The lowest BCUT2D eigenvalue weighted by Crippen LogP contribution is -1.98. The third kappa shape index (κ3) is 2.54. The molecule has 0 unspecified atom stereocenters. The van der Waals surface area contributed by atoms with Crippen LogP contribution in [0, 0.1) is 0 Å². The molecule has 17 heavy (non-hydrogen) atoms. The van der Waals surface area contributed by atoms with Gasteiger partial charge in [-0.25, -0.2) is 0 Å². The maximum absolute atomic E-state index is 4.19. The highest BCUT2D eigenvalue weighted by molar-refractivity contribution is 5.55. The Labute approximate surface area is 103 Å². The SMILES string of the molecule is CCCn1cnnc1-c1ccc(C(C)C)cc1. The van der Waals surface area contributed by atoms with E-state index in [4.69, 9.17) is 0 Å². The van der Waals surface area contributed by atoms with Crippen LogP contribution in [-0.4, -0.2) is 14.8 Å². The van der Waals surface area contributed by atoms with Crippen molar-refractivity contribution in [3.05, 3.63) is 36.2 Å². The highest BCUT2D eigenvalue weighted by atomic mass is 15.3. The molecule has 3 heteroatoms. The second kappa shape index (κ2) is 5.13. The quantitative estimate of drug-likeness (QED) is 0.803. The van der Waals surface area contributed by atoms with E-state index in [-0.39, 0.29) is 0 Å². The standard InChI is InChI=1S/C14H19N3/c1-4-9-17-10-15-16-14(17)13-7-5-12(6-8-13)11(2)3/h5-8,10-11H,4,9H2,1-3H3. The van der Waals surface area contributed by atoms with E-state index in [1.807, 2.05) is 0 Å². The van der Waals surface area contributed by atoms with Gasteiger partial charge in [-0.05, 0) is 17.9 Å². The van der Waals surface area contributed by atoms with Crippen molar-refractivity contribution in [1.29, 1.82) is 0 Å². The molecular formula is C14H19N3. The molecule has 0 spiro atoms. The zero-order valence-electron chi connectivity index (χ0n) is 10.7. The van der Waals surface area contributed by atoms with Crippen LogP contribution in [-0.2, 0) is 6.54 Å². The molecule has 1 aromatic heterocycles. The van der Waals surface area contributed by atoms with Crippen LogP contribution in [0.3, 0.4) is 0 Å². The van der Waals surface area contributed by atoms with Crippen LogP contribution >= 0.6 is 0 Å². The normalized spacial score (nSPS) is 11.1. The molecule has 0 aliphatic carbocycles. The van der Waals surface area contributed by atoms with Gasteiger partial charge in [0.2, 0.25) is 0 Å². The summed E-state index contributed by atoms with van der Waals surface area (Å²) in [7, 11) is 0. The summed E-state index contributed by atoms with van der Waals surface area (Å²) in [5.41, 5.74) is 2.50. The Morgan fingerprint density at radius 3 is 2.47 bits per heavy atom. The molecule has 0 saturated heterocycles. The Hall–Kier alpha value is -1.64. The lowest BCUT2D eigenvalue weighted by Gasteiger charge is -2.07. The molecule has 0 N–H and O–H groups in total. The number of aromatic nitrogens is 3. The molecule has 90 valence electrons. The molecule has 0 fully saturated rings. The largest absolute Gasteiger partial charge is 0.314 e. The fraction of sp³-hybridized carbons (Fsp3) is 0.429. The van der Waals surface area contributed by atoms with Gasteiger partial charge in [-0.3, -0.25) is 0 Å². The van der Waals surface area contributed by atoms with E-state index in [1.165, 1.54) is 5.56 Å². The summed E-state index contributed by atoms with van der Waals surface area (Å²) in [5.74, 6) is 1.53. The first kappa shape index (κ1) is 11.8. The van der Waals surface area contributed by atoms with Gasteiger partial charge in [-0.2, -0.15) is 0 Å². The highest BCUT2D eigenvalue weighted by Crippen LogP contribution is 2.21. The predicted octanol–water partition coefficient (Wildman–Crippen LogP) is 3.48. The van der Waals surface area contributed by atoms with Crippen molar-refractivity contribution in [2.45, 2.75) is 39.7 Å². The highest BCUT2D eigenvalue weighted by Gasteiger charge is 2.07. The van der Waals surface area contributed by atoms with Gasteiger partial charge < -0.3 is 4.57 Å². The zero-order valence-corrected chi connectivity index (χ0v) is 10.7. The van der Waals surface area contributed by atoms with Crippen LogP contribution in [0.1, 0.15) is 38.7 Å². The number of rotatable bonds is 4. The first-order valence-corrected chi connectivity index (χ1v) is 6.20. The minimum absolute atomic E-state index is 0.567. The summed E-state index contributed by atoms with van der Waals surface area (Å²) in [6, 6.07) is 8.60. The van der Waals surface area contributed by atoms with Gasteiger partial charge in [0.05, 0.1) is 0 Å². The van der Waals surface area contributed by atoms with Crippen molar-refractivity contribution < 1.29 is 0 Å². The monoisotopic (exact) mass is 229 g/mol. The van der Waals surface area contributed by atoms with E-state index >= 15 is 0 Å². The van der Waals surface area contributed by atoms with Gasteiger partial charge in [0.1, 0.15) is 6.33 Å². The van der Waals surface area contributed by atoms with Crippen molar-refractivity contribution in [1.82, 2.24) is 14.8 Å². The Morgan fingerprint density at radius 2 is 1.88 bits per heavy atom. The van der Waals surface area contributed by atoms with Crippen molar-refractivity contribution in [3.8, 4) is 11.4 Å². The summed E-state index contributed by atoms with van der Waals surface area (Å²) in [6.45, 7) is 7.53. The molecule has 3 nitrogen and oxygen atoms in total. The molecule has 0 bridgehead atoms. The Balaban J connectivity index is 2.30. The van der Waals surface area contributed by atoms with E-state index in [2.05, 4.69) is 59.8 Å². The smallest absolute Gasteiger partial charge is 0.163 e. The average Bonchev–Trinajstić information content (AvgIpc) is 2.78. The number of benzene rings is 1. The Bertz CT molecular complexity index is 468. The third-order valence-corrected chi connectivity index (χ3v) is 2.92. The first-order chi connectivity index (χ1) is 8.22. The summed E-state index contributed by atoms with van der Waals surface area (Å²) in [6.07, 6.45) is 2.89. The molecule has 2 aromatic rings. The number of hydrogen-bond donors (Lipinski definition) is 0. The van der Waals surface area contributed by atoms with Crippen molar-refractivity contribution in [3.63, 3.8) is 0 Å². The van der Waals surface area contributed by atoms with Gasteiger partial charge in [0.25, 0.3) is 0 Å². The molecule has 0 radical (unpaired) electrons. The summed E-state index contributed by atoms with van der Waals surface area (Å²) < 4.78 is 2.10. The van der Waals surface area contributed by atoms with Gasteiger partial charge in [0, 0.05) is 12.1 Å². The molecule has 0 aliphatic rings. The first-order valence-electron chi connectivity index (χ1n) is 6.20. The second-order valence-electron chi connectivity index (χ2n) is 4.62. The number of aryl methyl sites for hydroxylation is 1. The molecular weight excluding hydrogens is 210 g/mol. The molecule has 1 aromatic carbocycles. The summed E-state index contributed by atoms with van der Waals surface area (Å²) in [5, 5.41) is 8.18. The third-order valence-electron chi connectivity index (χ3n) is 2.92. The van der Waals surface area contributed by atoms with E-state index in [0.29, 0.717) is 5.92 Å². The summed E-state index contributed by atoms with van der Waals surface area (Å²) in [4.78, 5) is 0. The molecule has 0 atom stereocenters. The lowest BCUT2D eigenvalue weighted by molar-refractivity contribution is 0.682. The van der Waals surface area contributed by atoms with Crippen LogP contribution in [0.25, 0.3) is 11.4 Å². The van der Waals surface area contributed by atoms with E-state index in [1.54, 1.807) is 6.33 Å². The molecule has 2 rings (SSSR count). The fourth-order valence-electron chi connectivity index (χ4n) is 1.90. The van der Waals surface area contributed by atoms with E-state index < -0.39 is 0 Å². The van der Waals surface area contributed by atoms with Gasteiger partial charge in [-0.15, -0.1) is 10.2 Å².